The highest BCUT2D eigenvalue weighted by molar-refractivity contribution is 6.33. The third-order valence-electron chi connectivity index (χ3n) is 4.10. The van der Waals surface area contributed by atoms with Gasteiger partial charge in [-0.1, -0.05) is 18.5 Å². The van der Waals surface area contributed by atoms with E-state index in [1.807, 2.05) is 6.92 Å². The van der Waals surface area contributed by atoms with Gasteiger partial charge in [-0.2, -0.15) is 0 Å². The summed E-state index contributed by atoms with van der Waals surface area (Å²) in [5, 5.41) is 5.97. The summed E-state index contributed by atoms with van der Waals surface area (Å²) in [5.41, 5.74) is 0.888. The number of halogens is 1. The number of nitrogens with one attached hydrogen (secondary N) is 2. The third kappa shape index (κ3) is 5.90. The summed E-state index contributed by atoms with van der Waals surface area (Å²) in [5.74, 6) is -0.182. The fourth-order valence-electron chi connectivity index (χ4n) is 2.65. The van der Waals surface area contributed by atoms with Crippen molar-refractivity contribution in [2.24, 2.45) is 0 Å². The van der Waals surface area contributed by atoms with E-state index >= 15 is 0 Å². The van der Waals surface area contributed by atoms with Crippen molar-refractivity contribution in [1.82, 2.24) is 10.2 Å². The van der Waals surface area contributed by atoms with Crippen LogP contribution in [0.3, 0.4) is 0 Å². The molecule has 1 aromatic rings. The first-order valence-electron chi connectivity index (χ1n) is 8.72. The SMILES string of the molecule is CCCNC(=O)c1ccc(Cl)c(NC(=O)N(C)CC2CCCCO2)c1. The van der Waals surface area contributed by atoms with Crippen LogP contribution in [0.1, 0.15) is 43.0 Å². The molecule has 0 bridgehead atoms. The summed E-state index contributed by atoms with van der Waals surface area (Å²) in [6, 6.07) is 4.57. The molecule has 1 aromatic carbocycles. The standard InChI is InChI=1S/C18H26ClN3O3/c1-3-9-20-17(23)13-7-8-15(19)16(11-13)21-18(24)22(2)12-14-6-4-5-10-25-14/h7-8,11,14H,3-6,9-10,12H2,1-2H3,(H,20,23)(H,21,24). The first-order chi connectivity index (χ1) is 12.0. The summed E-state index contributed by atoms with van der Waals surface area (Å²) >= 11 is 6.16. The summed E-state index contributed by atoms with van der Waals surface area (Å²) in [6.07, 6.45) is 4.10. The fourth-order valence-corrected chi connectivity index (χ4v) is 2.82. The zero-order valence-electron chi connectivity index (χ0n) is 14.8. The van der Waals surface area contributed by atoms with E-state index in [-0.39, 0.29) is 18.0 Å². The van der Waals surface area contributed by atoms with Crippen molar-refractivity contribution in [3.8, 4) is 0 Å². The molecule has 1 atom stereocenters. The second-order valence-corrected chi connectivity index (χ2v) is 6.66. The van der Waals surface area contributed by atoms with Gasteiger partial charge in [-0.05, 0) is 43.9 Å². The number of rotatable bonds is 6. The second kappa shape index (κ2) is 9.63. The van der Waals surface area contributed by atoms with Crippen LogP contribution in [0.4, 0.5) is 10.5 Å². The Balaban J connectivity index is 1.97. The van der Waals surface area contributed by atoms with Crippen molar-refractivity contribution in [3.05, 3.63) is 28.8 Å². The van der Waals surface area contributed by atoms with E-state index in [9.17, 15) is 9.59 Å². The Kier molecular flexibility index (Phi) is 7.52. The summed E-state index contributed by atoms with van der Waals surface area (Å²) < 4.78 is 5.66. The Morgan fingerprint density at radius 2 is 2.16 bits per heavy atom. The molecule has 1 heterocycles. The van der Waals surface area contributed by atoms with Gasteiger partial charge in [-0.15, -0.1) is 0 Å². The maximum Gasteiger partial charge on any atom is 0.321 e. The van der Waals surface area contributed by atoms with E-state index in [2.05, 4.69) is 10.6 Å². The first kappa shape index (κ1) is 19.5. The van der Waals surface area contributed by atoms with Crippen LogP contribution in [0.15, 0.2) is 18.2 Å². The normalized spacial score (nSPS) is 17.0. The molecule has 1 saturated heterocycles. The highest BCUT2D eigenvalue weighted by Gasteiger charge is 2.19. The van der Waals surface area contributed by atoms with E-state index in [1.54, 1.807) is 30.1 Å². The highest BCUT2D eigenvalue weighted by Crippen LogP contribution is 2.23. The van der Waals surface area contributed by atoms with Crippen LogP contribution in [0.25, 0.3) is 0 Å². The van der Waals surface area contributed by atoms with Crippen molar-refractivity contribution in [3.63, 3.8) is 0 Å². The molecule has 7 heteroatoms. The number of carbonyl (C=O) groups excluding carboxylic acids is 2. The van der Waals surface area contributed by atoms with Gasteiger partial charge in [-0.3, -0.25) is 4.79 Å². The Morgan fingerprint density at radius 3 is 2.84 bits per heavy atom. The van der Waals surface area contributed by atoms with Crippen molar-refractivity contribution >= 4 is 29.2 Å². The minimum Gasteiger partial charge on any atom is -0.376 e. The third-order valence-corrected chi connectivity index (χ3v) is 4.43. The lowest BCUT2D eigenvalue weighted by molar-refractivity contribution is 0.00463. The largest absolute Gasteiger partial charge is 0.376 e. The van der Waals surface area contributed by atoms with Gasteiger partial charge in [0.15, 0.2) is 0 Å². The molecule has 0 aromatic heterocycles. The summed E-state index contributed by atoms with van der Waals surface area (Å²) in [6.45, 7) is 3.87. The van der Waals surface area contributed by atoms with E-state index in [4.69, 9.17) is 16.3 Å². The molecule has 1 aliphatic rings. The van der Waals surface area contributed by atoms with Crippen LogP contribution in [-0.4, -0.2) is 49.7 Å². The lowest BCUT2D eigenvalue weighted by Crippen LogP contribution is -2.39. The molecule has 1 aliphatic heterocycles. The van der Waals surface area contributed by atoms with Gasteiger partial charge in [0.2, 0.25) is 0 Å². The molecular weight excluding hydrogens is 342 g/mol. The summed E-state index contributed by atoms with van der Waals surface area (Å²) in [7, 11) is 1.72. The predicted molar refractivity (Wildman–Crippen MR) is 99.3 cm³/mol. The van der Waals surface area contributed by atoms with E-state index < -0.39 is 0 Å². The first-order valence-corrected chi connectivity index (χ1v) is 9.10. The molecule has 3 amide bonds. The van der Waals surface area contributed by atoms with Crippen molar-refractivity contribution in [2.75, 3.05) is 32.1 Å². The number of amides is 3. The molecule has 25 heavy (non-hydrogen) atoms. The summed E-state index contributed by atoms with van der Waals surface area (Å²) in [4.78, 5) is 26.0. The molecule has 0 aliphatic carbocycles. The smallest absolute Gasteiger partial charge is 0.321 e. The van der Waals surface area contributed by atoms with Gasteiger partial charge >= 0.3 is 6.03 Å². The van der Waals surface area contributed by atoms with Gasteiger partial charge in [0.25, 0.3) is 5.91 Å². The van der Waals surface area contributed by atoms with Gasteiger partial charge in [0.05, 0.1) is 16.8 Å². The highest BCUT2D eigenvalue weighted by atomic mass is 35.5. The van der Waals surface area contributed by atoms with E-state index in [0.29, 0.717) is 29.4 Å². The van der Waals surface area contributed by atoms with Crippen LogP contribution in [-0.2, 0) is 4.74 Å². The molecule has 1 unspecified atom stereocenters. The number of anilines is 1. The predicted octanol–water partition coefficient (Wildman–Crippen LogP) is 3.51. The second-order valence-electron chi connectivity index (χ2n) is 6.25. The lowest BCUT2D eigenvalue weighted by atomic mass is 10.1. The minimum atomic E-state index is -0.276. The zero-order chi connectivity index (χ0) is 18.2. The number of urea groups is 1. The number of nitrogens with zero attached hydrogens (tertiary/aromatic N) is 1. The van der Waals surface area contributed by atoms with Crippen LogP contribution in [0.5, 0.6) is 0 Å². The lowest BCUT2D eigenvalue weighted by Gasteiger charge is -2.27. The van der Waals surface area contributed by atoms with Gasteiger partial charge in [0, 0.05) is 32.3 Å². The van der Waals surface area contributed by atoms with Crippen molar-refractivity contribution in [1.29, 1.82) is 0 Å². The molecule has 138 valence electrons. The van der Waals surface area contributed by atoms with Crippen LogP contribution in [0.2, 0.25) is 5.02 Å². The molecule has 0 radical (unpaired) electrons. The molecular formula is C18H26ClN3O3. The van der Waals surface area contributed by atoms with E-state index in [0.717, 1.165) is 32.3 Å². The number of hydrogen-bond donors (Lipinski definition) is 2. The molecule has 6 nitrogen and oxygen atoms in total. The Hall–Kier alpha value is -1.79. The fraction of sp³-hybridized carbons (Fsp3) is 0.556. The molecule has 2 N–H and O–H groups in total. The molecule has 0 saturated carbocycles. The number of likely N-dealkylation sites (N-methyl/N-ethyl adjacent to an activating group) is 1. The minimum absolute atomic E-state index is 0.0751. The monoisotopic (exact) mass is 367 g/mol. The Labute approximate surface area is 153 Å². The average molecular weight is 368 g/mol. The molecule has 0 spiro atoms. The number of benzene rings is 1. The Morgan fingerprint density at radius 1 is 1.36 bits per heavy atom. The van der Waals surface area contributed by atoms with Crippen molar-refractivity contribution in [2.45, 2.75) is 38.7 Å². The van der Waals surface area contributed by atoms with Gasteiger partial charge < -0.3 is 20.3 Å². The topological polar surface area (TPSA) is 70.7 Å². The number of ether oxygens (including phenoxy) is 1. The van der Waals surface area contributed by atoms with Crippen LogP contribution >= 0.6 is 11.6 Å². The van der Waals surface area contributed by atoms with Crippen LogP contribution < -0.4 is 10.6 Å². The Bertz CT molecular complexity index is 603. The van der Waals surface area contributed by atoms with Crippen molar-refractivity contribution < 1.29 is 14.3 Å². The quantitative estimate of drug-likeness (QED) is 0.808. The average Bonchev–Trinajstić information content (AvgIpc) is 2.62. The molecule has 1 fully saturated rings. The maximum atomic E-state index is 12.4. The number of carbonyl (C=O) groups is 2. The van der Waals surface area contributed by atoms with Gasteiger partial charge in [-0.25, -0.2) is 4.79 Å². The van der Waals surface area contributed by atoms with Crippen LogP contribution in [0, 0.1) is 0 Å². The zero-order valence-corrected chi connectivity index (χ0v) is 15.6. The van der Waals surface area contributed by atoms with E-state index in [1.165, 1.54) is 0 Å². The molecule has 2 rings (SSSR count). The number of hydrogen-bond acceptors (Lipinski definition) is 3. The van der Waals surface area contributed by atoms with Gasteiger partial charge in [0.1, 0.15) is 0 Å². The maximum absolute atomic E-state index is 12.4.